The van der Waals surface area contributed by atoms with Gasteiger partial charge in [-0.25, -0.2) is 14.4 Å². The molecule has 0 unspecified atom stereocenters. The van der Waals surface area contributed by atoms with Gasteiger partial charge in [0.25, 0.3) is 0 Å². The van der Waals surface area contributed by atoms with Gasteiger partial charge >= 0.3 is 24.2 Å². The summed E-state index contributed by atoms with van der Waals surface area (Å²) < 4.78 is 45.6. The van der Waals surface area contributed by atoms with Crippen LogP contribution in [-0.4, -0.2) is 58.5 Å². The smallest absolute Gasteiger partial charge is 0.480 e. The maximum Gasteiger partial charge on any atom is 0.490 e. The maximum atomic E-state index is 12.1. The Labute approximate surface area is 124 Å². The highest BCUT2D eigenvalue weighted by Crippen LogP contribution is 2.26. The number of halogens is 3. The number of amides is 1. The molecule has 2 atom stereocenters. The molecule has 7 nitrogen and oxygen atoms in total. The van der Waals surface area contributed by atoms with Crippen LogP contribution in [0, 0.1) is 0 Å². The lowest BCUT2D eigenvalue weighted by Gasteiger charge is -2.26. The summed E-state index contributed by atoms with van der Waals surface area (Å²) in [6.45, 7) is 4.18. The van der Waals surface area contributed by atoms with Crippen LogP contribution in [0.3, 0.4) is 0 Å². The minimum Gasteiger partial charge on any atom is -0.480 e. The van der Waals surface area contributed by atoms with E-state index in [0.717, 1.165) is 4.90 Å². The number of ether oxygens (including phenoxy) is 2. The second-order valence-corrected chi connectivity index (χ2v) is 5.75. The summed E-state index contributed by atoms with van der Waals surface area (Å²) in [4.78, 5) is 34.5. The molecule has 1 aliphatic rings. The summed E-state index contributed by atoms with van der Waals surface area (Å²) in [6, 6.07) is -1.42. The highest BCUT2D eigenvalue weighted by atomic mass is 19.4. The number of carbonyl (C=O) groups excluding carboxylic acids is 2. The van der Waals surface area contributed by atoms with Gasteiger partial charge in [-0.05, 0) is 20.8 Å². The van der Waals surface area contributed by atoms with E-state index in [2.05, 4.69) is 4.74 Å². The monoisotopic (exact) mass is 327 g/mol. The first kappa shape index (κ1) is 18.1. The van der Waals surface area contributed by atoms with Crippen molar-refractivity contribution in [1.29, 1.82) is 0 Å². The molecule has 1 heterocycles. The zero-order valence-corrected chi connectivity index (χ0v) is 12.1. The molecule has 22 heavy (non-hydrogen) atoms. The molecule has 0 bridgehead atoms. The Morgan fingerprint density at radius 3 is 2.14 bits per heavy atom. The summed E-state index contributed by atoms with van der Waals surface area (Å²) in [5.41, 5.74) is -0.902. The number of hydrogen-bond donors (Lipinski definition) is 1. The Hall–Kier alpha value is -2.00. The van der Waals surface area contributed by atoms with E-state index in [-0.39, 0.29) is 0 Å². The quantitative estimate of drug-likeness (QED) is 0.774. The Morgan fingerprint density at radius 1 is 1.18 bits per heavy atom. The average Bonchev–Trinajstić information content (AvgIpc) is 2.69. The normalized spacial score (nSPS) is 22.4. The lowest BCUT2D eigenvalue weighted by atomic mass is 10.2. The molecule has 1 aliphatic heterocycles. The van der Waals surface area contributed by atoms with E-state index in [1.165, 1.54) is 0 Å². The van der Waals surface area contributed by atoms with Gasteiger partial charge in [-0.2, -0.15) is 13.2 Å². The van der Waals surface area contributed by atoms with Crippen molar-refractivity contribution in [1.82, 2.24) is 4.90 Å². The van der Waals surface area contributed by atoms with Gasteiger partial charge in [0.2, 0.25) is 0 Å². The molecule has 1 amide bonds. The van der Waals surface area contributed by atoms with Gasteiger partial charge < -0.3 is 14.6 Å². The second kappa shape index (κ2) is 6.01. The standard InChI is InChI=1S/C12H16F3NO6/c1-11(2,3)22-10(20)16-5-6(4-7(16)8(17)18)21-9(19)12(13,14)15/h6-7H,4-5H2,1-3H3,(H,17,18)/t6-,7-/m0/s1. The number of likely N-dealkylation sites (tertiary alicyclic amines) is 1. The summed E-state index contributed by atoms with van der Waals surface area (Å²) in [5.74, 6) is -3.84. The molecule has 126 valence electrons. The second-order valence-electron chi connectivity index (χ2n) is 5.75. The van der Waals surface area contributed by atoms with E-state index in [4.69, 9.17) is 9.84 Å². The van der Waals surface area contributed by atoms with E-state index < -0.39 is 54.9 Å². The molecule has 1 rings (SSSR count). The number of nitrogens with zero attached hydrogens (tertiary/aromatic N) is 1. The molecule has 0 aliphatic carbocycles. The van der Waals surface area contributed by atoms with Crippen molar-refractivity contribution in [2.75, 3.05) is 6.54 Å². The van der Waals surface area contributed by atoms with E-state index in [1.54, 1.807) is 20.8 Å². The molecule has 0 radical (unpaired) electrons. The number of hydrogen-bond acceptors (Lipinski definition) is 5. The summed E-state index contributed by atoms with van der Waals surface area (Å²) in [6.07, 6.45) is -7.97. The Morgan fingerprint density at radius 2 is 1.73 bits per heavy atom. The number of aliphatic carboxylic acids is 1. The van der Waals surface area contributed by atoms with Crippen LogP contribution >= 0.6 is 0 Å². The number of rotatable bonds is 2. The number of carboxylic acids is 1. The van der Waals surface area contributed by atoms with Crippen LogP contribution in [0.1, 0.15) is 27.2 Å². The van der Waals surface area contributed by atoms with Crippen LogP contribution in [0.25, 0.3) is 0 Å². The van der Waals surface area contributed by atoms with Crippen LogP contribution < -0.4 is 0 Å². The predicted octanol–water partition coefficient (Wildman–Crippen LogP) is 1.55. The predicted molar refractivity (Wildman–Crippen MR) is 64.9 cm³/mol. The van der Waals surface area contributed by atoms with Crippen LogP contribution in [-0.2, 0) is 19.1 Å². The van der Waals surface area contributed by atoms with Gasteiger partial charge in [0.15, 0.2) is 0 Å². The Kier molecular flexibility index (Phi) is 4.93. The van der Waals surface area contributed by atoms with Crippen molar-refractivity contribution in [2.24, 2.45) is 0 Å². The van der Waals surface area contributed by atoms with Gasteiger partial charge in [-0.1, -0.05) is 0 Å². The first-order chi connectivity index (χ1) is 9.81. The average molecular weight is 327 g/mol. The van der Waals surface area contributed by atoms with Gasteiger partial charge in [0.05, 0.1) is 6.54 Å². The van der Waals surface area contributed by atoms with Crippen molar-refractivity contribution < 1.29 is 42.1 Å². The number of carboxylic acid groups (broad SMARTS) is 1. The molecule has 1 N–H and O–H groups in total. The fraction of sp³-hybridized carbons (Fsp3) is 0.750. The van der Waals surface area contributed by atoms with Crippen LogP contribution in [0.15, 0.2) is 0 Å². The summed E-state index contributed by atoms with van der Waals surface area (Å²) in [5, 5.41) is 9.03. The number of carbonyl (C=O) groups is 3. The molecule has 1 fully saturated rings. The maximum absolute atomic E-state index is 12.1. The molecular formula is C12H16F3NO6. The number of alkyl halides is 3. The highest BCUT2D eigenvalue weighted by Gasteiger charge is 2.47. The van der Waals surface area contributed by atoms with Gasteiger partial charge in [-0.3, -0.25) is 4.90 Å². The first-order valence-electron chi connectivity index (χ1n) is 6.31. The molecular weight excluding hydrogens is 311 g/mol. The van der Waals surface area contributed by atoms with E-state index >= 15 is 0 Å². The fourth-order valence-corrected chi connectivity index (χ4v) is 1.86. The lowest BCUT2D eigenvalue weighted by molar-refractivity contribution is -0.204. The summed E-state index contributed by atoms with van der Waals surface area (Å²) in [7, 11) is 0. The topological polar surface area (TPSA) is 93.1 Å². The minimum absolute atomic E-state index is 0.434. The van der Waals surface area contributed by atoms with Crippen molar-refractivity contribution in [2.45, 2.75) is 51.1 Å². The fourth-order valence-electron chi connectivity index (χ4n) is 1.86. The zero-order valence-electron chi connectivity index (χ0n) is 12.1. The van der Waals surface area contributed by atoms with Crippen molar-refractivity contribution in [3.63, 3.8) is 0 Å². The molecule has 0 aromatic heterocycles. The molecule has 1 saturated heterocycles. The third-order valence-electron chi connectivity index (χ3n) is 2.68. The van der Waals surface area contributed by atoms with E-state index in [1.807, 2.05) is 0 Å². The molecule has 0 aromatic carbocycles. The van der Waals surface area contributed by atoms with Gasteiger partial charge in [0, 0.05) is 6.42 Å². The highest BCUT2D eigenvalue weighted by molar-refractivity contribution is 5.81. The number of esters is 1. The summed E-state index contributed by atoms with van der Waals surface area (Å²) >= 11 is 0. The minimum atomic E-state index is -5.18. The van der Waals surface area contributed by atoms with Crippen molar-refractivity contribution in [3.8, 4) is 0 Å². The van der Waals surface area contributed by atoms with Crippen molar-refractivity contribution >= 4 is 18.0 Å². The van der Waals surface area contributed by atoms with Crippen molar-refractivity contribution in [3.05, 3.63) is 0 Å². The van der Waals surface area contributed by atoms with Gasteiger partial charge in [0.1, 0.15) is 17.7 Å². The Balaban J connectivity index is 2.80. The Bertz CT molecular complexity index is 470. The SMILES string of the molecule is CC(C)(C)OC(=O)N1C[C@@H](OC(=O)C(F)(F)F)C[C@H]1C(=O)O. The third kappa shape index (κ3) is 4.78. The molecule has 0 saturated carbocycles. The molecule has 10 heteroatoms. The van der Waals surface area contributed by atoms with Gasteiger partial charge in [-0.15, -0.1) is 0 Å². The zero-order chi connectivity index (χ0) is 17.3. The van der Waals surface area contributed by atoms with E-state index in [0.29, 0.717) is 0 Å². The molecule has 0 spiro atoms. The van der Waals surface area contributed by atoms with Crippen LogP contribution in [0.2, 0.25) is 0 Å². The third-order valence-corrected chi connectivity index (χ3v) is 2.68. The van der Waals surface area contributed by atoms with Crippen LogP contribution in [0.4, 0.5) is 18.0 Å². The first-order valence-corrected chi connectivity index (χ1v) is 6.31. The van der Waals surface area contributed by atoms with E-state index in [9.17, 15) is 27.6 Å². The molecule has 0 aromatic rings. The lowest BCUT2D eigenvalue weighted by Crippen LogP contribution is -2.43. The largest absolute Gasteiger partial charge is 0.490 e. The van der Waals surface area contributed by atoms with Crippen LogP contribution in [0.5, 0.6) is 0 Å².